The Balaban J connectivity index is 2.73. The first-order valence-corrected chi connectivity index (χ1v) is 3.50. The van der Waals surface area contributed by atoms with E-state index < -0.39 is 0 Å². The fraction of sp³-hybridized carbons (Fsp3) is 0.571. The lowest BCUT2D eigenvalue weighted by Crippen LogP contribution is -2.17. The first kappa shape index (κ1) is 8.23. The summed E-state index contributed by atoms with van der Waals surface area (Å²) in [5.74, 6) is 0. The smallest absolute Gasteiger partial charge is 0.0979 e. The minimum absolute atomic E-state index is 0.0857. The zero-order valence-corrected chi connectivity index (χ0v) is 6.44. The van der Waals surface area contributed by atoms with E-state index in [2.05, 4.69) is 5.10 Å². The van der Waals surface area contributed by atoms with E-state index in [4.69, 9.17) is 10.2 Å². The second-order valence-electron chi connectivity index (χ2n) is 2.52. The second kappa shape index (κ2) is 3.50. The van der Waals surface area contributed by atoms with Crippen LogP contribution < -0.4 is 0 Å². The standard InChI is InChI=1S/C7H12N2O2/c1-6-2-8-9(3-6)7(4-10)5-11/h2-3,7,10-11H,4-5H2,1H3. The van der Waals surface area contributed by atoms with Gasteiger partial charge in [-0.25, -0.2) is 0 Å². The summed E-state index contributed by atoms with van der Waals surface area (Å²) in [4.78, 5) is 0. The molecule has 4 nitrogen and oxygen atoms in total. The number of aliphatic hydroxyl groups is 2. The molecule has 1 aromatic rings. The summed E-state index contributed by atoms with van der Waals surface area (Å²) < 4.78 is 1.56. The molecule has 62 valence electrons. The highest BCUT2D eigenvalue weighted by Crippen LogP contribution is 2.04. The van der Waals surface area contributed by atoms with E-state index >= 15 is 0 Å². The molecule has 1 rings (SSSR count). The molecule has 0 aliphatic carbocycles. The van der Waals surface area contributed by atoms with Crippen molar-refractivity contribution in [1.82, 2.24) is 9.78 Å². The molecule has 0 atom stereocenters. The summed E-state index contributed by atoms with van der Waals surface area (Å²) in [5, 5.41) is 21.5. The topological polar surface area (TPSA) is 58.3 Å². The minimum Gasteiger partial charge on any atom is -0.394 e. The van der Waals surface area contributed by atoms with Crippen molar-refractivity contribution < 1.29 is 10.2 Å². The fourth-order valence-electron chi connectivity index (χ4n) is 0.858. The molecule has 1 heterocycles. The zero-order chi connectivity index (χ0) is 8.27. The van der Waals surface area contributed by atoms with Crippen molar-refractivity contribution in [3.63, 3.8) is 0 Å². The van der Waals surface area contributed by atoms with Crippen LogP contribution in [0.4, 0.5) is 0 Å². The lowest BCUT2D eigenvalue weighted by molar-refractivity contribution is 0.146. The van der Waals surface area contributed by atoms with E-state index in [1.54, 1.807) is 17.1 Å². The van der Waals surface area contributed by atoms with Crippen molar-refractivity contribution in [2.24, 2.45) is 0 Å². The van der Waals surface area contributed by atoms with Crippen LogP contribution in [-0.2, 0) is 0 Å². The van der Waals surface area contributed by atoms with Crippen LogP contribution in [-0.4, -0.2) is 33.2 Å². The summed E-state index contributed by atoms with van der Waals surface area (Å²) in [6.45, 7) is 1.74. The highest BCUT2D eigenvalue weighted by Gasteiger charge is 2.07. The number of nitrogens with zero attached hydrogens (tertiary/aromatic N) is 2. The van der Waals surface area contributed by atoms with Crippen LogP contribution in [0.5, 0.6) is 0 Å². The van der Waals surface area contributed by atoms with Gasteiger partial charge in [0.2, 0.25) is 0 Å². The van der Waals surface area contributed by atoms with Crippen LogP contribution in [0.2, 0.25) is 0 Å². The number of rotatable bonds is 3. The Labute approximate surface area is 65.1 Å². The molecule has 0 saturated heterocycles. The molecule has 0 radical (unpaired) electrons. The van der Waals surface area contributed by atoms with Crippen molar-refractivity contribution in [3.8, 4) is 0 Å². The molecule has 0 bridgehead atoms. The number of aliphatic hydroxyl groups excluding tert-OH is 2. The molecule has 0 saturated carbocycles. The van der Waals surface area contributed by atoms with E-state index in [1.807, 2.05) is 6.92 Å². The van der Waals surface area contributed by atoms with Crippen molar-refractivity contribution in [3.05, 3.63) is 18.0 Å². The highest BCUT2D eigenvalue weighted by molar-refractivity contribution is 5.00. The molecule has 0 spiro atoms. The predicted molar refractivity (Wildman–Crippen MR) is 40.2 cm³/mol. The molecule has 2 N–H and O–H groups in total. The predicted octanol–water partition coefficient (Wildman–Crippen LogP) is -0.283. The molecule has 0 amide bonds. The van der Waals surface area contributed by atoms with Gasteiger partial charge in [0.15, 0.2) is 0 Å². The van der Waals surface area contributed by atoms with Crippen LogP contribution in [0.1, 0.15) is 11.6 Å². The number of aryl methyl sites for hydroxylation is 1. The van der Waals surface area contributed by atoms with E-state index in [1.165, 1.54) is 0 Å². The third kappa shape index (κ3) is 1.78. The van der Waals surface area contributed by atoms with Gasteiger partial charge < -0.3 is 10.2 Å². The highest BCUT2D eigenvalue weighted by atomic mass is 16.3. The largest absolute Gasteiger partial charge is 0.394 e. The first-order chi connectivity index (χ1) is 5.27. The van der Waals surface area contributed by atoms with Gasteiger partial charge in [-0.1, -0.05) is 0 Å². The monoisotopic (exact) mass is 156 g/mol. The van der Waals surface area contributed by atoms with Crippen LogP contribution in [0, 0.1) is 6.92 Å². The summed E-state index contributed by atoms with van der Waals surface area (Å²) >= 11 is 0. The Morgan fingerprint density at radius 2 is 2.18 bits per heavy atom. The van der Waals surface area contributed by atoms with Gasteiger partial charge in [0, 0.05) is 6.20 Å². The number of hydrogen-bond donors (Lipinski definition) is 2. The number of hydrogen-bond acceptors (Lipinski definition) is 3. The normalized spacial score (nSPS) is 10.9. The van der Waals surface area contributed by atoms with Gasteiger partial charge in [-0.3, -0.25) is 4.68 Å². The quantitative estimate of drug-likeness (QED) is 0.632. The summed E-state index contributed by atoms with van der Waals surface area (Å²) in [5.41, 5.74) is 1.02. The summed E-state index contributed by atoms with van der Waals surface area (Å²) in [6, 6.07) is -0.302. The minimum atomic E-state index is -0.302. The zero-order valence-electron chi connectivity index (χ0n) is 6.44. The maximum Gasteiger partial charge on any atom is 0.0979 e. The van der Waals surface area contributed by atoms with Crippen molar-refractivity contribution in [2.75, 3.05) is 13.2 Å². The maximum absolute atomic E-state index is 8.77. The van der Waals surface area contributed by atoms with Crippen molar-refractivity contribution >= 4 is 0 Å². The molecule has 4 heteroatoms. The molecule has 11 heavy (non-hydrogen) atoms. The molecule has 1 aromatic heterocycles. The molecule has 0 fully saturated rings. The Bertz CT molecular complexity index is 218. The summed E-state index contributed by atoms with van der Waals surface area (Å²) in [6.07, 6.45) is 3.48. The van der Waals surface area contributed by atoms with Crippen molar-refractivity contribution in [2.45, 2.75) is 13.0 Å². The Morgan fingerprint density at radius 1 is 1.55 bits per heavy atom. The molecule has 0 unspecified atom stereocenters. The van der Waals surface area contributed by atoms with Crippen molar-refractivity contribution in [1.29, 1.82) is 0 Å². The Hall–Kier alpha value is -0.870. The van der Waals surface area contributed by atoms with Gasteiger partial charge >= 0.3 is 0 Å². The Kier molecular flexibility index (Phi) is 2.62. The second-order valence-corrected chi connectivity index (χ2v) is 2.52. The Morgan fingerprint density at radius 3 is 2.55 bits per heavy atom. The van der Waals surface area contributed by atoms with Gasteiger partial charge in [-0.05, 0) is 12.5 Å². The van der Waals surface area contributed by atoms with Gasteiger partial charge in [-0.2, -0.15) is 5.10 Å². The SMILES string of the molecule is Cc1cnn(C(CO)CO)c1. The molecule has 0 aromatic carbocycles. The third-order valence-corrected chi connectivity index (χ3v) is 1.53. The van der Waals surface area contributed by atoms with Crippen LogP contribution in [0.15, 0.2) is 12.4 Å². The molecular weight excluding hydrogens is 144 g/mol. The number of aromatic nitrogens is 2. The average Bonchev–Trinajstić information content (AvgIpc) is 2.39. The van der Waals surface area contributed by atoms with Crippen LogP contribution in [0.25, 0.3) is 0 Å². The van der Waals surface area contributed by atoms with Crippen LogP contribution >= 0.6 is 0 Å². The van der Waals surface area contributed by atoms with E-state index in [-0.39, 0.29) is 19.3 Å². The van der Waals surface area contributed by atoms with Gasteiger partial charge in [0.05, 0.1) is 25.5 Å². The lowest BCUT2D eigenvalue weighted by atomic mass is 10.3. The fourth-order valence-corrected chi connectivity index (χ4v) is 0.858. The van der Waals surface area contributed by atoms with Gasteiger partial charge in [-0.15, -0.1) is 0 Å². The van der Waals surface area contributed by atoms with E-state index in [0.717, 1.165) is 5.56 Å². The lowest BCUT2D eigenvalue weighted by Gasteiger charge is -2.10. The molecular formula is C7H12N2O2. The molecule has 0 aliphatic heterocycles. The van der Waals surface area contributed by atoms with Gasteiger partial charge in [0.1, 0.15) is 0 Å². The molecule has 0 aliphatic rings. The van der Waals surface area contributed by atoms with Crippen LogP contribution in [0.3, 0.4) is 0 Å². The summed E-state index contributed by atoms with van der Waals surface area (Å²) in [7, 11) is 0. The maximum atomic E-state index is 8.77. The van der Waals surface area contributed by atoms with E-state index in [0.29, 0.717) is 0 Å². The first-order valence-electron chi connectivity index (χ1n) is 3.50. The van der Waals surface area contributed by atoms with E-state index in [9.17, 15) is 0 Å². The average molecular weight is 156 g/mol. The van der Waals surface area contributed by atoms with Gasteiger partial charge in [0.25, 0.3) is 0 Å². The third-order valence-electron chi connectivity index (χ3n) is 1.53.